The third-order valence-corrected chi connectivity index (χ3v) is 5.12. The molecule has 3 aromatic rings. The number of carboxylic acids is 1. The number of carboxylic acid groups (broad SMARTS) is 1. The van der Waals surface area contributed by atoms with E-state index in [4.69, 9.17) is 14.3 Å². The van der Waals surface area contributed by atoms with Crippen LogP contribution in [0.25, 0.3) is 6.08 Å². The number of urea groups is 1. The van der Waals surface area contributed by atoms with Crippen LogP contribution in [0.5, 0.6) is 5.75 Å². The minimum atomic E-state index is -0.990. The van der Waals surface area contributed by atoms with Crippen molar-refractivity contribution in [1.29, 1.82) is 0 Å². The average molecular weight is 476 g/mol. The summed E-state index contributed by atoms with van der Waals surface area (Å²) in [5, 5.41) is 11.5. The van der Waals surface area contributed by atoms with Gasteiger partial charge in [-0.15, -0.1) is 0 Å². The van der Waals surface area contributed by atoms with Gasteiger partial charge < -0.3 is 24.3 Å². The van der Waals surface area contributed by atoms with Crippen LogP contribution in [0.2, 0.25) is 0 Å². The van der Waals surface area contributed by atoms with Gasteiger partial charge in [0.2, 0.25) is 5.76 Å². The highest BCUT2D eigenvalue weighted by Crippen LogP contribution is 2.20. The first-order chi connectivity index (χ1) is 16.8. The number of rotatable bonds is 8. The molecule has 2 heterocycles. The smallest absolute Gasteiger partial charge is 0.373 e. The molecule has 0 radical (unpaired) electrons. The Bertz CT molecular complexity index is 1310. The summed E-state index contributed by atoms with van der Waals surface area (Å²) >= 11 is 0. The molecule has 0 unspecified atom stereocenters. The number of nitrogens with zero attached hydrogens (tertiary/aromatic N) is 1. The average Bonchev–Trinajstić information content (AvgIpc) is 3.44. The first kappa shape index (κ1) is 23.3. The van der Waals surface area contributed by atoms with E-state index in [1.54, 1.807) is 36.4 Å². The molecule has 1 saturated heterocycles. The Morgan fingerprint density at radius 3 is 2.40 bits per heavy atom. The first-order valence-corrected chi connectivity index (χ1v) is 10.4. The molecule has 2 N–H and O–H groups in total. The van der Waals surface area contributed by atoms with E-state index in [0.29, 0.717) is 11.3 Å². The van der Waals surface area contributed by atoms with Crippen molar-refractivity contribution in [2.24, 2.45) is 0 Å². The summed E-state index contributed by atoms with van der Waals surface area (Å²) in [5.74, 6) is -1.36. The van der Waals surface area contributed by atoms with Crippen LogP contribution < -0.4 is 10.1 Å². The molecule has 0 saturated carbocycles. The summed E-state index contributed by atoms with van der Waals surface area (Å²) in [6.07, 6.45) is 1.54. The summed E-state index contributed by atoms with van der Waals surface area (Å²) in [5.41, 5.74) is 1.78. The van der Waals surface area contributed by atoms with E-state index in [2.05, 4.69) is 10.1 Å². The monoisotopic (exact) mass is 476 g/mol. The van der Waals surface area contributed by atoms with Gasteiger partial charge in [0.25, 0.3) is 5.91 Å². The van der Waals surface area contributed by atoms with Gasteiger partial charge in [-0.2, -0.15) is 0 Å². The lowest BCUT2D eigenvalue weighted by Gasteiger charge is -2.09. The molecule has 10 nitrogen and oxygen atoms in total. The normalized spacial score (nSPS) is 14.2. The fourth-order valence-electron chi connectivity index (χ4n) is 3.28. The van der Waals surface area contributed by atoms with Crippen LogP contribution in [0, 0.1) is 0 Å². The minimum Gasteiger partial charge on any atom is -0.489 e. The summed E-state index contributed by atoms with van der Waals surface area (Å²) in [7, 11) is 1.22. The van der Waals surface area contributed by atoms with Gasteiger partial charge in [-0.05, 0) is 53.6 Å². The van der Waals surface area contributed by atoms with Crippen LogP contribution >= 0.6 is 0 Å². The number of nitrogens with one attached hydrogen (secondary N) is 1. The van der Waals surface area contributed by atoms with Crippen molar-refractivity contribution in [1.82, 2.24) is 10.2 Å². The van der Waals surface area contributed by atoms with Gasteiger partial charge in [0.15, 0.2) is 0 Å². The van der Waals surface area contributed by atoms with Crippen molar-refractivity contribution >= 4 is 30.0 Å². The molecule has 1 aliphatic heterocycles. The van der Waals surface area contributed by atoms with Gasteiger partial charge in [-0.1, -0.05) is 24.3 Å². The zero-order valence-corrected chi connectivity index (χ0v) is 18.5. The Labute approximate surface area is 199 Å². The Balaban J connectivity index is 1.37. The molecule has 1 aromatic heterocycles. The second-order valence-corrected chi connectivity index (χ2v) is 7.50. The van der Waals surface area contributed by atoms with Crippen molar-refractivity contribution < 1.29 is 38.2 Å². The van der Waals surface area contributed by atoms with Crippen molar-refractivity contribution in [3.05, 3.63) is 94.6 Å². The van der Waals surface area contributed by atoms with Crippen molar-refractivity contribution in [3.8, 4) is 5.75 Å². The number of esters is 1. The molecule has 0 aliphatic carbocycles. The van der Waals surface area contributed by atoms with E-state index in [1.165, 1.54) is 37.5 Å². The van der Waals surface area contributed by atoms with E-state index in [1.807, 2.05) is 0 Å². The molecular weight excluding hydrogens is 456 g/mol. The molecule has 1 fully saturated rings. The van der Waals surface area contributed by atoms with Crippen molar-refractivity contribution in [2.75, 3.05) is 7.11 Å². The number of carbonyl (C=O) groups excluding carboxylic acids is 3. The van der Waals surface area contributed by atoms with Gasteiger partial charge in [-0.25, -0.2) is 14.4 Å². The molecule has 2 aromatic carbocycles. The fourth-order valence-corrected chi connectivity index (χ4v) is 3.28. The zero-order valence-electron chi connectivity index (χ0n) is 18.5. The maximum absolute atomic E-state index is 12.7. The van der Waals surface area contributed by atoms with Gasteiger partial charge in [0.1, 0.15) is 23.8 Å². The highest BCUT2D eigenvalue weighted by molar-refractivity contribution is 6.13. The largest absolute Gasteiger partial charge is 0.489 e. The zero-order chi connectivity index (χ0) is 24.9. The van der Waals surface area contributed by atoms with Crippen LogP contribution in [-0.2, 0) is 22.7 Å². The van der Waals surface area contributed by atoms with E-state index in [0.717, 1.165) is 10.5 Å². The summed E-state index contributed by atoms with van der Waals surface area (Å²) in [6, 6.07) is 15.6. The van der Waals surface area contributed by atoms with Crippen LogP contribution in [0.1, 0.15) is 37.8 Å². The number of hydrogen-bond donors (Lipinski definition) is 2. The highest BCUT2D eigenvalue weighted by atomic mass is 16.5. The molecule has 10 heteroatoms. The number of methoxy groups -OCH3 is 1. The molecule has 35 heavy (non-hydrogen) atoms. The second kappa shape index (κ2) is 9.96. The molecular formula is C25H20N2O8. The number of imide groups is 1. The molecule has 4 rings (SSSR count). The number of amides is 3. The standard InChI is InChI=1S/C25H20N2O8/c1-33-24(31)21-11-10-19(35-21)13-27-22(28)20(26-25(27)32)12-15-4-8-18(9-5-15)34-14-16-2-6-17(7-3-16)23(29)30/h2-12H,13-14H2,1H3,(H,26,32)(H,29,30)/b20-12-. The lowest BCUT2D eigenvalue weighted by atomic mass is 10.1. The number of carbonyl (C=O) groups is 4. The Kier molecular flexibility index (Phi) is 6.63. The third-order valence-electron chi connectivity index (χ3n) is 5.12. The quantitative estimate of drug-likeness (QED) is 0.287. The van der Waals surface area contributed by atoms with E-state index in [9.17, 15) is 19.2 Å². The number of furan rings is 1. The lowest BCUT2D eigenvalue weighted by Crippen LogP contribution is -2.30. The maximum Gasteiger partial charge on any atom is 0.373 e. The molecule has 3 amide bonds. The molecule has 0 atom stereocenters. The van der Waals surface area contributed by atoms with Crippen LogP contribution in [0.4, 0.5) is 4.79 Å². The van der Waals surface area contributed by atoms with Crippen LogP contribution in [0.15, 0.2) is 70.8 Å². The summed E-state index contributed by atoms with van der Waals surface area (Å²) in [4.78, 5) is 48.4. The second-order valence-electron chi connectivity index (χ2n) is 7.50. The molecule has 178 valence electrons. The van der Waals surface area contributed by atoms with Crippen molar-refractivity contribution in [3.63, 3.8) is 0 Å². The Morgan fingerprint density at radius 2 is 1.74 bits per heavy atom. The molecule has 0 spiro atoms. The lowest BCUT2D eigenvalue weighted by molar-refractivity contribution is -0.123. The summed E-state index contributed by atoms with van der Waals surface area (Å²) < 4.78 is 15.6. The number of benzene rings is 2. The highest BCUT2D eigenvalue weighted by Gasteiger charge is 2.34. The Morgan fingerprint density at radius 1 is 1.03 bits per heavy atom. The number of ether oxygens (including phenoxy) is 2. The van der Waals surface area contributed by atoms with Gasteiger partial charge in [0, 0.05) is 0 Å². The fraction of sp³-hybridized carbons (Fsp3) is 0.120. The van der Waals surface area contributed by atoms with E-state index < -0.39 is 23.9 Å². The Hall–Kier alpha value is -4.86. The minimum absolute atomic E-state index is 0.0232. The molecule has 0 bridgehead atoms. The molecule has 1 aliphatic rings. The van der Waals surface area contributed by atoms with Crippen LogP contribution in [-0.4, -0.2) is 41.0 Å². The number of hydrogen-bond acceptors (Lipinski definition) is 7. The number of aromatic carboxylic acids is 1. The predicted molar refractivity (Wildman–Crippen MR) is 121 cm³/mol. The van der Waals surface area contributed by atoms with Crippen molar-refractivity contribution in [2.45, 2.75) is 13.2 Å². The SMILES string of the molecule is COC(=O)c1ccc(CN2C(=O)N/C(=C\c3ccc(OCc4ccc(C(=O)O)cc4)cc3)C2=O)o1. The van der Waals surface area contributed by atoms with Crippen LogP contribution in [0.3, 0.4) is 0 Å². The van der Waals surface area contributed by atoms with E-state index >= 15 is 0 Å². The maximum atomic E-state index is 12.7. The van der Waals surface area contributed by atoms with Gasteiger partial charge in [-0.3, -0.25) is 9.69 Å². The van der Waals surface area contributed by atoms with E-state index in [-0.39, 0.29) is 35.9 Å². The summed E-state index contributed by atoms with van der Waals surface area (Å²) in [6.45, 7) is 0.119. The third kappa shape index (κ3) is 5.38. The van der Waals surface area contributed by atoms with Gasteiger partial charge in [0.05, 0.1) is 19.2 Å². The topological polar surface area (TPSA) is 135 Å². The predicted octanol–water partition coefficient (Wildman–Crippen LogP) is 3.44. The first-order valence-electron chi connectivity index (χ1n) is 10.4. The van der Waals surface area contributed by atoms with Gasteiger partial charge >= 0.3 is 18.0 Å².